The summed E-state index contributed by atoms with van der Waals surface area (Å²) in [6.45, 7) is 1.83. The lowest BCUT2D eigenvalue weighted by molar-refractivity contribution is 0.471. The van der Waals surface area contributed by atoms with Crippen LogP contribution in [-0.4, -0.2) is 19.6 Å². The summed E-state index contributed by atoms with van der Waals surface area (Å²) in [6.07, 6.45) is 10.7. The molecule has 0 aliphatic heterocycles. The van der Waals surface area contributed by atoms with Crippen LogP contribution >= 0.6 is 0 Å². The Morgan fingerprint density at radius 1 is 1.10 bits per heavy atom. The van der Waals surface area contributed by atoms with Crippen molar-refractivity contribution >= 4 is 23.2 Å². The Kier molecular flexibility index (Phi) is 4.68. The van der Waals surface area contributed by atoms with E-state index in [1.165, 1.54) is 4.57 Å². The van der Waals surface area contributed by atoms with Crippen LogP contribution in [0.3, 0.4) is 0 Å². The number of phenolic OH excluding ortho intramolecular Hbond substituents is 1. The van der Waals surface area contributed by atoms with Crippen LogP contribution in [0.1, 0.15) is 22.5 Å². The first kappa shape index (κ1) is 18.2. The number of benzene rings is 2. The zero-order valence-corrected chi connectivity index (χ0v) is 15.7. The number of aryl methyl sites for hydroxylation is 1. The second kappa shape index (κ2) is 7.45. The highest BCUT2D eigenvalue weighted by Gasteiger charge is 2.11. The lowest BCUT2D eigenvalue weighted by atomic mass is 10.1. The Labute approximate surface area is 167 Å². The van der Waals surface area contributed by atoms with Gasteiger partial charge in [0.1, 0.15) is 11.6 Å². The molecule has 2 heterocycles. The molecule has 0 radical (unpaired) electrons. The summed E-state index contributed by atoms with van der Waals surface area (Å²) >= 11 is 0. The molecule has 4 rings (SSSR count). The molecule has 2 aromatic carbocycles. The van der Waals surface area contributed by atoms with Gasteiger partial charge in [-0.2, -0.15) is 0 Å². The van der Waals surface area contributed by atoms with Crippen LogP contribution in [0.2, 0.25) is 0 Å². The van der Waals surface area contributed by atoms with Gasteiger partial charge in [0.2, 0.25) is 0 Å². The van der Waals surface area contributed by atoms with Crippen molar-refractivity contribution in [2.75, 3.05) is 0 Å². The minimum atomic E-state index is -0.210. The summed E-state index contributed by atoms with van der Waals surface area (Å²) in [7, 11) is 0. The van der Waals surface area contributed by atoms with E-state index < -0.39 is 0 Å². The fourth-order valence-corrected chi connectivity index (χ4v) is 3.06. The van der Waals surface area contributed by atoms with Gasteiger partial charge >= 0.3 is 0 Å². The van der Waals surface area contributed by atoms with Gasteiger partial charge in [-0.15, -0.1) is 6.42 Å². The standard InChI is InChI=1S/C24H17N3O2/c1-3-17-6-10-19(11-7-17)27-22(13-9-18-8-12-21(28)16(2)15-18)26-23-20(24(27)29)5-4-14-25-23/h1,4-15,28H,2H3/b13-9+. The van der Waals surface area contributed by atoms with Gasteiger partial charge in [0.05, 0.1) is 11.1 Å². The monoisotopic (exact) mass is 379 g/mol. The van der Waals surface area contributed by atoms with E-state index in [-0.39, 0.29) is 11.3 Å². The van der Waals surface area contributed by atoms with E-state index in [2.05, 4.69) is 15.9 Å². The number of fused-ring (bicyclic) bond motifs is 1. The van der Waals surface area contributed by atoms with E-state index in [4.69, 9.17) is 6.42 Å². The second-order valence-electron chi connectivity index (χ2n) is 6.56. The molecule has 5 nitrogen and oxygen atoms in total. The minimum absolute atomic E-state index is 0.210. The van der Waals surface area contributed by atoms with Crippen molar-refractivity contribution in [3.63, 3.8) is 0 Å². The molecular weight excluding hydrogens is 362 g/mol. The second-order valence-corrected chi connectivity index (χ2v) is 6.56. The van der Waals surface area contributed by atoms with E-state index in [9.17, 15) is 9.90 Å². The Balaban J connectivity index is 1.91. The van der Waals surface area contributed by atoms with Gasteiger partial charge in [-0.05, 0) is 72.7 Å². The predicted octanol–water partition coefficient (Wildman–Crippen LogP) is 3.95. The Bertz CT molecular complexity index is 1340. The summed E-state index contributed by atoms with van der Waals surface area (Å²) in [4.78, 5) is 22.0. The van der Waals surface area contributed by atoms with E-state index in [1.807, 2.05) is 19.1 Å². The topological polar surface area (TPSA) is 68.0 Å². The number of nitrogens with zero attached hydrogens (tertiary/aromatic N) is 3. The van der Waals surface area contributed by atoms with Crippen molar-refractivity contribution in [2.24, 2.45) is 0 Å². The van der Waals surface area contributed by atoms with Gasteiger partial charge < -0.3 is 5.11 Å². The highest BCUT2D eigenvalue weighted by Crippen LogP contribution is 2.19. The van der Waals surface area contributed by atoms with Crippen molar-refractivity contribution in [3.05, 3.63) is 93.7 Å². The van der Waals surface area contributed by atoms with Crippen molar-refractivity contribution < 1.29 is 5.11 Å². The van der Waals surface area contributed by atoms with Gasteiger partial charge in [-0.1, -0.05) is 18.1 Å². The molecule has 0 spiro atoms. The summed E-state index contributed by atoms with van der Waals surface area (Å²) in [5, 5.41) is 10.2. The van der Waals surface area contributed by atoms with Gasteiger partial charge in [-0.25, -0.2) is 9.97 Å². The normalized spacial score (nSPS) is 11.0. The third-order valence-corrected chi connectivity index (χ3v) is 4.61. The largest absolute Gasteiger partial charge is 0.508 e. The fourth-order valence-electron chi connectivity index (χ4n) is 3.06. The lowest BCUT2D eigenvalue weighted by Gasteiger charge is -2.11. The average molecular weight is 379 g/mol. The number of hydrogen-bond donors (Lipinski definition) is 1. The fraction of sp³-hybridized carbons (Fsp3) is 0.0417. The molecule has 0 saturated carbocycles. The maximum atomic E-state index is 13.2. The molecule has 0 atom stereocenters. The van der Waals surface area contributed by atoms with E-state index in [0.29, 0.717) is 22.5 Å². The first-order chi connectivity index (χ1) is 14.1. The molecule has 29 heavy (non-hydrogen) atoms. The smallest absolute Gasteiger partial charge is 0.267 e. The molecule has 0 fully saturated rings. The third-order valence-electron chi connectivity index (χ3n) is 4.61. The van der Waals surface area contributed by atoms with Gasteiger partial charge in [-0.3, -0.25) is 9.36 Å². The quantitative estimate of drug-likeness (QED) is 0.548. The average Bonchev–Trinajstić information content (AvgIpc) is 2.75. The zero-order valence-electron chi connectivity index (χ0n) is 15.7. The summed E-state index contributed by atoms with van der Waals surface area (Å²) in [5.41, 5.74) is 3.21. The van der Waals surface area contributed by atoms with Crippen LogP contribution in [0.5, 0.6) is 5.75 Å². The Morgan fingerprint density at radius 3 is 2.62 bits per heavy atom. The first-order valence-electron chi connectivity index (χ1n) is 8.99. The maximum absolute atomic E-state index is 13.2. The molecule has 0 bridgehead atoms. The maximum Gasteiger partial charge on any atom is 0.267 e. The third kappa shape index (κ3) is 3.52. The van der Waals surface area contributed by atoms with Gasteiger partial charge in [0, 0.05) is 11.8 Å². The highest BCUT2D eigenvalue weighted by atomic mass is 16.3. The first-order valence-corrected chi connectivity index (χ1v) is 8.99. The van der Waals surface area contributed by atoms with Gasteiger partial charge in [0.25, 0.3) is 5.56 Å². The van der Waals surface area contributed by atoms with Gasteiger partial charge in [0.15, 0.2) is 5.65 Å². The molecule has 5 heteroatoms. The van der Waals surface area contributed by atoms with Crippen LogP contribution in [0.15, 0.2) is 65.6 Å². The van der Waals surface area contributed by atoms with Crippen LogP contribution < -0.4 is 5.56 Å². The summed E-state index contributed by atoms with van der Waals surface area (Å²) in [6, 6.07) is 15.9. The Morgan fingerprint density at radius 2 is 1.90 bits per heavy atom. The summed E-state index contributed by atoms with van der Waals surface area (Å²) < 4.78 is 1.54. The zero-order chi connectivity index (χ0) is 20.4. The molecule has 0 aliphatic rings. The Hall–Kier alpha value is -4.17. The predicted molar refractivity (Wildman–Crippen MR) is 115 cm³/mol. The van der Waals surface area contributed by atoms with Crippen molar-refractivity contribution in [2.45, 2.75) is 6.92 Å². The molecule has 1 N–H and O–H groups in total. The van der Waals surface area contributed by atoms with Crippen molar-refractivity contribution in [1.29, 1.82) is 0 Å². The lowest BCUT2D eigenvalue weighted by Crippen LogP contribution is -2.22. The van der Waals surface area contributed by atoms with Crippen molar-refractivity contribution in [3.8, 4) is 23.8 Å². The molecule has 140 valence electrons. The number of terminal acetylenes is 1. The minimum Gasteiger partial charge on any atom is -0.508 e. The number of aromatic nitrogens is 3. The van der Waals surface area contributed by atoms with Crippen LogP contribution in [0, 0.1) is 19.3 Å². The van der Waals surface area contributed by atoms with Crippen LogP contribution in [-0.2, 0) is 0 Å². The number of phenols is 1. The molecule has 0 unspecified atom stereocenters. The van der Waals surface area contributed by atoms with E-state index in [1.54, 1.807) is 60.8 Å². The summed E-state index contributed by atoms with van der Waals surface area (Å²) in [5.74, 6) is 3.26. The molecular formula is C24H17N3O2. The van der Waals surface area contributed by atoms with E-state index >= 15 is 0 Å². The van der Waals surface area contributed by atoms with Crippen molar-refractivity contribution in [1.82, 2.24) is 14.5 Å². The van der Waals surface area contributed by atoms with E-state index in [0.717, 1.165) is 16.7 Å². The highest BCUT2D eigenvalue weighted by molar-refractivity contribution is 5.77. The molecule has 0 saturated heterocycles. The number of hydrogen-bond acceptors (Lipinski definition) is 4. The van der Waals surface area contributed by atoms with Crippen LogP contribution in [0.4, 0.5) is 0 Å². The molecule has 0 aliphatic carbocycles. The number of rotatable bonds is 3. The number of aromatic hydroxyl groups is 1. The van der Waals surface area contributed by atoms with Crippen LogP contribution in [0.25, 0.3) is 28.9 Å². The number of pyridine rings is 1. The molecule has 0 amide bonds. The molecule has 2 aromatic heterocycles. The molecule has 4 aromatic rings. The SMILES string of the molecule is C#Cc1ccc(-n2c(/C=C/c3ccc(O)c(C)c3)nc3ncccc3c2=O)cc1.